The first kappa shape index (κ1) is 22.9. The Labute approximate surface area is 198 Å². The van der Waals surface area contributed by atoms with Crippen molar-refractivity contribution < 1.29 is 18.3 Å². The van der Waals surface area contributed by atoms with Gasteiger partial charge in [0.15, 0.2) is 0 Å². The second kappa shape index (κ2) is 9.67. The number of hydrogen-bond acceptors (Lipinski definition) is 7. The number of rotatable bonds is 5. The molecule has 0 amide bonds. The third-order valence-electron chi connectivity index (χ3n) is 4.82. The predicted molar refractivity (Wildman–Crippen MR) is 127 cm³/mol. The molecule has 1 N–H and O–H groups in total. The summed E-state index contributed by atoms with van der Waals surface area (Å²) in [6.07, 6.45) is 1.57. The standard InChI is InChI=1S/C21H21BrN4O4S2/c1-15-14-31-21(26(15)23-13-16-12-17(22)2-7-20(16)27)24-18-3-5-19(6-4-18)32(28,29)25-8-10-30-11-9-25/h2-7,12-14,27H,8-11H2,1H3. The van der Waals surface area contributed by atoms with E-state index in [1.807, 2.05) is 12.3 Å². The Balaban J connectivity index is 1.61. The van der Waals surface area contributed by atoms with Gasteiger partial charge in [-0.2, -0.15) is 9.41 Å². The number of ether oxygens (including phenoxy) is 1. The van der Waals surface area contributed by atoms with Crippen LogP contribution in [0.25, 0.3) is 0 Å². The van der Waals surface area contributed by atoms with Crippen LogP contribution in [0.4, 0.5) is 5.69 Å². The molecule has 1 fully saturated rings. The highest BCUT2D eigenvalue weighted by Gasteiger charge is 2.26. The zero-order valence-electron chi connectivity index (χ0n) is 17.2. The van der Waals surface area contributed by atoms with Gasteiger partial charge in [0.25, 0.3) is 0 Å². The van der Waals surface area contributed by atoms with Crippen molar-refractivity contribution in [1.82, 2.24) is 8.98 Å². The van der Waals surface area contributed by atoms with E-state index < -0.39 is 10.0 Å². The van der Waals surface area contributed by atoms with E-state index in [0.717, 1.165) is 10.2 Å². The molecule has 8 nitrogen and oxygen atoms in total. The summed E-state index contributed by atoms with van der Waals surface area (Å²) in [4.78, 5) is 5.47. The summed E-state index contributed by atoms with van der Waals surface area (Å²) in [6, 6.07) is 11.6. The first-order valence-corrected chi connectivity index (χ1v) is 12.9. The van der Waals surface area contributed by atoms with Gasteiger partial charge >= 0.3 is 0 Å². The lowest BCUT2D eigenvalue weighted by molar-refractivity contribution is 0.0730. The molecule has 4 rings (SSSR count). The summed E-state index contributed by atoms with van der Waals surface area (Å²) in [5.41, 5.74) is 2.06. The topological polar surface area (TPSA) is 96.5 Å². The monoisotopic (exact) mass is 536 g/mol. The lowest BCUT2D eigenvalue weighted by atomic mass is 10.2. The number of aromatic nitrogens is 1. The van der Waals surface area contributed by atoms with E-state index in [1.54, 1.807) is 53.4 Å². The van der Waals surface area contributed by atoms with Crippen LogP contribution in [0.15, 0.2) is 67.3 Å². The van der Waals surface area contributed by atoms with Gasteiger partial charge in [-0.3, -0.25) is 0 Å². The minimum atomic E-state index is -3.54. The van der Waals surface area contributed by atoms with E-state index in [-0.39, 0.29) is 10.6 Å². The van der Waals surface area contributed by atoms with Crippen molar-refractivity contribution in [2.45, 2.75) is 11.8 Å². The largest absolute Gasteiger partial charge is 0.507 e. The minimum Gasteiger partial charge on any atom is -0.507 e. The number of aromatic hydroxyl groups is 1. The number of halogens is 1. The van der Waals surface area contributed by atoms with Gasteiger partial charge in [-0.1, -0.05) is 15.9 Å². The molecule has 2 aromatic carbocycles. The van der Waals surface area contributed by atoms with Crippen LogP contribution >= 0.6 is 27.3 Å². The highest BCUT2D eigenvalue weighted by atomic mass is 79.9. The lowest BCUT2D eigenvalue weighted by Crippen LogP contribution is -2.40. The Morgan fingerprint density at radius 2 is 1.88 bits per heavy atom. The van der Waals surface area contributed by atoms with Gasteiger partial charge < -0.3 is 9.84 Å². The number of aryl methyl sites for hydroxylation is 1. The molecule has 0 atom stereocenters. The normalized spacial score (nSPS) is 16.1. The van der Waals surface area contributed by atoms with Crippen LogP contribution in [-0.2, 0) is 14.8 Å². The number of morpholine rings is 1. The molecule has 0 spiro atoms. The molecule has 0 saturated carbocycles. The summed E-state index contributed by atoms with van der Waals surface area (Å²) in [6.45, 7) is 3.43. The summed E-state index contributed by atoms with van der Waals surface area (Å²) >= 11 is 4.80. The maximum atomic E-state index is 12.8. The van der Waals surface area contributed by atoms with Crippen LogP contribution in [0.1, 0.15) is 11.3 Å². The maximum absolute atomic E-state index is 12.8. The highest BCUT2D eigenvalue weighted by molar-refractivity contribution is 9.10. The molecule has 0 bridgehead atoms. The number of thiazole rings is 1. The molecule has 0 radical (unpaired) electrons. The molecular formula is C21H21BrN4O4S2. The van der Waals surface area contributed by atoms with Crippen LogP contribution in [0.3, 0.4) is 0 Å². The van der Waals surface area contributed by atoms with Gasteiger partial charge in [-0.05, 0) is 49.4 Å². The van der Waals surface area contributed by atoms with E-state index in [9.17, 15) is 13.5 Å². The number of nitrogens with zero attached hydrogens (tertiary/aromatic N) is 4. The Morgan fingerprint density at radius 1 is 1.16 bits per heavy atom. The number of benzene rings is 2. The average molecular weight is 537 g/mol. The van der Waals surface area contributed by atoms with E-state index in [4.69, 9.17) is 4.74 Å². The molecule has 2 heterocycles. The first-order valence-electron chi connectivity index (χ1n) is 9.77. The fourth-order valence-corrected chi connectivity index (χ4v) is 5.70. The van der Waals surface area contributed by atoms with Crippen LogP contribution < -0.4 is 4.80 Å². The van der Waals surface area contributed by atoms with E-state index in [0.29, 0.717) is 42.4 Å². The number of phenols is 1. The second-order valence-corrected chi connectivity index (χ2v) is 10.7. The van der Waals surface area contributed by atoms with E-state index >= 15 is 0 Å². The molecule has 0 unspecified atom stereocenters. The van der Waals surface area contributed by atoms with Crippen molar-refractivity contribution in [3.8, 4) is 5.75 Å². The number of phenolic OH excluding ortho intramolecular Hbond substituents is 1. The predicted octanol–water partition coefficient (Wildman–Crippen LogP) is 3.46. The van der Waals surface area contributed by atoms with Crippen molar-refractivity contribution >= 4 is 49.2 Å². The smallest absolute Gasteiger partial charge is 0.243 e. The van der Waals surface area contributed by atoms with Crippen LogP contribution in [0.5, 0.6) is 5.75 Å². The molecule has 11 heteroatoms. The van der Waals surface area contributed by atoms with E-state index in [2.05, 4.69) is 26.0 Å². The fraction of sp³-hybridized carbons (Fsp3) is 0.238. The van der Waals surface area contributed by atoms with E-state index in [1.165, 1.54) is 15.6 Å². The molecule has 168 valence electrons. The van der Waals surface area contributed by atoms with Crippen LogP contribution in [0, 0.1) is 6.92 Å². The van der Waals surface area contributed by atoms with Crippen molar-refractivity contribution in [3.05, 3.63) is 68.4 Å². The fourth-order valence-electron chi connectivity index (χ4n) is 3.09. The Hall–Kier alpha value is -2.31. The average Bonchev–Trinajstić information content (AvgIpc) is 3.14. The molecule has 1 aliphatic heterocycles. The van der Waals surface area contributed by atoms with Gasteiger partial charge in [-0.25, -0.2) is 18.1 Å². The minimum absolute atomic E-state index is 0.126. The quantitative estimate of drug-likeness (QED) is 0.505. The first-order chi connectivity index (χ1) is 15.3. The zero-order valence-corrected chi connectivity index (χ0v) is 20.4. The van der Waals surface area contributed by atoms with Gasteiger partial charge in [-0.15, -0.1) is 11.3 Å². The van der Waals surface area contributed by atoms with Crippen molar-refractivity contribution in [2.75, 3.05) is 26.3 Å². The summed E-state index contributed by atoms with van der Waals surface area (Å²) < 4.78 is 34.7. The molecule has 3 aromatic rings. The second-order valence-electron chi connectivity index (χ2n) is 7.04. The molecule has 1 aromatic heterocycles. The van der Waals surface area contributed by atoms with Crippen molar-refractivity contribution in [2.24, 2.45) is 10.1 Å². The SMILES string of the molecule is Cc1csc(=Nc2ccc(S(=O)(=O)N3CCOCC3)cc2)n1N=Cc1cc(Br)ccc1O. The third kappa shape index (κ3) is 5.02. The van der Waals surface area contributed by atoms with Gasteiger partial charge in [0, 0.05) is 28.5 Å². The van der Waals surface area contributed by atoms with Gasteiger partial charge in [0.05, 0.1) is 35.7 Å². The Kier molecular flexibility index (Phi) is 6.91. The summed E-state index contributed by atoms with van der Waals surface area (Å²) in [5.74, 6) is 0.126. The van der Waals surface area contributed by atoms with Gasteiger partial charge in [0.1, 0.15) is 5.75 Å². The maximum Gasteiger partial charge on any atom is 0.243 e. The van der Waals surface area contributed by atoms with Crippen LogP contribution in [-0.4, -0.2) is 55.0 Å². The number of sulfonamides is 1. The highest BCUT2D eigenvalue weighted by Crippen LogP contribution is 2.22. The zero-order chi connectivity index (χ0) is 22.7. The molecular weight excluding hydrogens is 516 g/mol. The van der Waals surface area contributed by atoms with Crippen molar-refractivity contribution in [3.63, 3.8) is 0 Å². The molecule has 32 heavy (non-hydrogen) atoms. The molecule has 0 aliphatic carbocycles. The molecule has 1 saturated heterocycles. The summed E-state index contributed by atoms with van der Waals surface area (Å²) in [5, 5.41) is 16.4. The van der Waals surface area contributed by atoms with Crippen molar-refractivity contribution in [1.29, 1.82) is 0 Å². The Morgan fingerprint density at radius 3 is 2.59 bits per heavy atom. The van der Waals surface area contributed by atoms with Gasteiger partial charge in [0.2, 0.25) is 14.8 Å². The molecule has 1 aliphatic rings. The lowest BCUT2D eigenvalue weighted by Gasteiger charge is -2.26. The number of hydrogen-bond donors (Lipinski definition) is 1. The summed E-state index contributed by atoms with van der Waals surface area (Å²) in [7, 11) is -3.54. The Bertz CT molecular complexity index is 1310. The van der Waals surface area contributed by atoms with Crippen LogP contribution in [0.2, 0.25) is 0 Å². The third-order valence-corrected chi connectivity index (χ3v) is 8.16.